The molecule has 0 aromatic heterocycles. The number of rotatable bonds is 4. The second-order valence-electron chi connectivity index (χ2n) is 7.35. The first-order chi connectivity index (χ1) is 12.3. The highest BCUT2D eigenvalue weighted by atomic mass is 16.5. The molecule has 25 heavy (non-hydrogen) atoms. The molecule has 2 nitrogen and oxygen atoms in total. The van der Waals surface area contributed by atoms with E-state index >= 15 is 0 Å². The molecule has 126 valence electrons. The van der Waals surface area contributed by atoms with Crippen LogP contribution in [0.15, 0.2) is 66.8 Å². The normalized spacial score (nSPS) is 31.3. The Labute approximate surface area is 148 Å². The van der Waals surface area contributed by atoms with Crippen molar-refractivity contribution in [3.05, 3.63) is 77.9 Å². The van der Waals surface area contributed by atoms with Crippen molar-refractivity contribution in [2.24, 2.45) is 17.8 Å². The molecule has 0 spiro atoms. The number of fused-ring (bicyclic) bond motifs is 2. The van der Waals surface area contributed by atoms with Crippen LogP contribution < -0.4 is 9.47 Å². The van der Waals surface area contributed by atoms with Crippen molar-refractivity contribution in [2.45, 2.75) is 11.8 Å². The summed E-state index contributed by atoms with van der Waals surface area (Å²) in [5.74, 6) is 3.75. The van der Waals surface area contributed by atoms with Gasteiger partial charge in [-0.25, -0.2) is 0 Å². The van der Waals surface area contributed by atoms with Crippen molar-refractivity contribution in [3.8, 4) is 11.5 Å². The van der Waals surface area contributed by atoms with E-state index in [0.29, 0.717) is 11.8 Å². The Bertz CT molecular complexity index is 860. The van der Waals surface area contributed by atoms with Crippen LogP contribution in [0, 0.1) is 17.8 Å². The largest absolute Gasteiger partial charge is 0.497 e. The molecule has 2 aromatic carbocycles. The molecule has 1 fully saturated rings. The van der Waals surface area contributed by atoms with E-state index < -0.39 is 0 Å². The number of methoxy groups -OCH3 is 2. The second-order valence-corrected chi connectivity index (χ2v) is 7.35. The zero-order valence-electron chi connectivity index (χ0n) is 14.6. The fourth-order valence-electron chi connectivity index (χ4n) is 4.99. The Morgan fingerprint density at radius 1 is 0.880 bits per heavy atom. The molecule has 3 aliphatic rings. The van der Waals surface area contributed by atoms with Gasteiger partial charge in [0.1, 0.15) is 11.5 Å². The Hall–Kier alpha value is -2.48. The number of ether oxygens (including phenoxy) is 2. The summed E-state index contributed by atoms with van der Waals surface area (Å²) in [7, 11) is 3.44. The van der Waals surface area contributed by atoms with E-state index in [4.69, 9.17) is 9.47 Å². The summed E-state index contributed by atoms with van der Waals surface area (Å²) in [6.07, 6.45) is 8.70. The van der Waals surface area contributed by atoms with E-state index in [-0.39, 0.29) is 5.41 Å². The van der Waals surface area contributed by atoms with Gasteiger partial charge in [-0.3, -0.25) is 0 Å². The molecule has 2 heteroatoms. The monoisotopic (exact) mass is 330 g/mol. The highest BCUT2D eigenvalue weighted by Gasteiger charge is 2.66. The average Bonchev–Trinajstić information content (AvgIpc) is 3.39. The van der Waals surface area contributed by atoms with Gasteiger partial charge in [0, 0.05) is 11.3 Å². The molecule has 0 aliphatic heterocycles. The van der Waals surface area contributed by atoms with Gasteiger partial charge in [0.2, 0.25) is 0 Å². The maximum atomic E-state index is 5.32. The fourth-order valence-corrected chi connectivity index (χ4v) is 4.99. The van der Waals surface area contributed by atoms with Crippen LogP contribution >= 0.6 is 0 Å². The van der Waals surface area contributed by atoms with Gasteiger partial charge in [-0.15, -0.1) is 0 Å². The van der Waals surface area contributed by atoms with E-state index in [1.165, 1.54) is 23.1 Å². The molecule has 0 saturated heterocycles. The summed E-state index contributed by atoms with van der Waals surface area (Å²) in [6, 6.07) is 17.1. The maximum absolute atomic E-state index is 5.32. The van der Waals surface area contributed by atoms with Crippen LogP contribution in [0.4, 0.5) is 0 Å². The third kappa shape index (κ3) is 2.03. The molecular formula is C23H22O2. The molecular weight excluding hydrogens is 308 g/mol. The maximum Gasteiger partial charge on any atom is 0.118 e. The standard InChI is InChI=1S/C23H22O2/c1-24-18-7-3-15(4-8-18)20-14-22-21-13-16(20)11-12-23(21,22)17-5-9-19(25-2)10-6-17/h3-12,14,16,21-22H,13H2,1-2H3. The predicted octanol–water partition coefficient (Wildman–Crippen LogP) is 4.86. The van der Waals surface area contributed by atoms with Crippen LogP contribution in [0.1, 0.15) is 17.5 Å². The molecule has 2 aromatic rings. The predicted molar refractivity (Wildman–Crippen MR) is 99.9 cm³/mol. The van der Waals surface area contributed by atoms with Gasteiger partial charge >= 0.3 is 0 Å². The molecule has 0 radical (unpaired) electrons. The molecule has 3 aliphatic carbocycles. The summed E-state index contributed by atoms with van der Waals surface area (Å²) in [5, 5.41) is 0. The van der Waals surface area contributed by atoms with Crippen LogP contribution in [0.5, 0.6) is 11.5 Å². The van der Waals surface area contributed by atoms with Gasteiger partial charge in [-0.1, -0.05) is 42.5 Å². The minimum absolute atomic E-state index is 0.205. The van der Waals surface area contributed by atoms with E-state index in [2.05, 4.69) is 66.8 Å². The molecule has 4 unspecified atom stereocenters. The summed E-state index contributed by atoms with van der Waals surface area (Å²) in [6.45, 7) is 0. The first-order valence-corrected chi connectivity index (χ1v) is 8.96. The van der Waals surface area contributed by atoms with Crippen molar-refractivity contribution in [3.63, 3.8) is 0 Å². The van der Waals surface area contributed by atoms with E-state index in [1.807, 2.05) is 0 Å². The van der Waals surface area contributed by atoms with Crippen molar-refractivity contribution in [2.75, 3.05) is 14.2 Å². The Morgan fingerprint density at radius 2 is 1.52 bits per heavy atom. The van der Waals surface area contributed by atoms with E-state index in [0.717, 1.165) is 17.4 Å². The Kier molecular flexibility index (Phi) is 3.12. The zero-order chi connectivity index (χ0) is 17.0. The van der Waals surface area contributed by atoms with Crippen molar-refractivity contribution < 1.29 is 9.47 Å². The zero-order valence-corrected chi connectivity index (χ0v) is 14.6. The van der Waals surface area contributed by atoms with Crippen LogP contribution in [-0.2, 0) is 5.41 Å². The molecule has 1 saturated carbocycles. The van der Waals surface area contributed by atoms with Crippen LogP contribution in [0.3, 0.4) is 0 Å². The molecule has 0 heterocycles. The van der Waals surface area contributed by atoms with Gasteiger partial charge in [0.15, 0.2) is 0 Å². The van der Waals surface area contributed by atoms with Crippen LogP contribution in [0.2, 0.25) is 0 Å². The summed E-state index contributed by atoms with van der Waals surface area (Å²) in [5.41, 5.74) is 4.43. The third-order valence-corrected chi connectivity index (χ3v) is 6.37. The number of hydrogen-bond acceptors (Lipinski definition) is 2. The van der Waals surface area contributed by atoms with Crippen molar-refractivity contribution in [1.29, 1.82) is 0 Å². The molecule has 0 amide bonds. The third-order valence-electron chi connectivity index (χ3n) is 6.37. The van der Waals surface area contributed by atoms with Gasteiger partial charge in [0.25, 0.3) is 0 Å². The SMILES string of the molecule is COc1ccc(C2=CC3C4CC2C=CC34c2ccc(OC)cc2)cc1. The first kappa shape index (κ1) is 14.8. The lowest BCUT2D eigenvalue weighted by Crippen LogP contribution is -2.14. The van der Waals surface area contributed by atoms with Crippen LogP contribution in [0.25, 0.3) is 5.57 Å². The lowest BCUT2D eigenvalue weighted by atomic mass is 9.80. The average molecular weight is 330 g/mol. The van der Waals surface area contributed by atoms with Gasteiger partial charge < -0.3 is 9.47 Å². The highest BCUT2D eigenvalue weighted by Crippen LogP contribution is 2.70. The smallest absolute Gasteiger partial charge is 0.118 e. The van der Waals surface area contributed by atoms with Gasteiger partial charge in [-0.2, -0.15) is 0 Å². The minimum atomic E-state index is 0.205. The van der Waals surface area contributed by atoms with Crippen molar-refractivity contribution in [1.82, 2.24) is 0 Å². The Morgan fingerprint density at radius 3 is 2.16 bits per heavy atom. The highest BCUT2D eigenvalue weighted by molar-refractivity contribution is 5.74. The summed E-state index contributed by atoms with van der Waals surface area (Å²) in [4.78, 5) is 0. The summed E-state index contributed by atoms with van der Waals surface area (Å²) >= 11 is 0. The van der Waals surface area contributed by atoms with Gasteiger partial charge in [0.05, 0.1) is 14.2 Å². The molecule has 5 rings (SSSR count). The fraction of sp³-hybridized carbons (Fsp3) is 0.304. The van der Waals surface area contributed by atoms with Crippen molar-refractivity contribution >= 4 is 5.57 Å². The topological polar surface area (TPSA) is 18.5 Å². The van der Waals surface area contributed by atoms with Crippen LogP contribution in [-0.4, -0.2) is 14.2 Å². The quantitative estimate of drug-likeness (QED) is 0.745. The minimum Gasteiger partial charge on any atom is -0.497 e. The first-order valence-electron chi connectivity index (χ1n) is 8.96. The number of allylic oxidation sites excluding steroid dienone is 4. The number of hydrogen-bond donors (Lipinski definition) is 0. The molecule has 4 atom stereocenters. The van der Waals surface area contributed by atoms with E-state index in [9.17, 15) is 0 Å². The second kappa shape index (κ2) is 5.26. The molecule has 2 bridgehead atoms. The van der Waals surface area contributed by atoms with E-state index in [1.54, 1.807) is 14.2 Å². The Balaban J connectivity index is 1.51. The van der Waals surface area contributed by atoms with Gasteiger partial charge in [-0.05, 0) is 59.2 Å². The lowest BCUT2D eigenvalue weighted by molar-refractivity contribution is 0.414. The molecule has 0 N–H and O–H groups in total. The lowest BCUT2D eigenvalue weighted by Gasteiger charge is -2.25. The summed E-state index contributed by atoms with van der Waals surface area (Å²) < 4.78 is 10.6. The number of benzene rings is 2.